The van der Waals surface area contributed by atoms with Gasteiger partial charge in [-0.05, 0) is 48.0 Å². The highest BCUT2D eigenvalue weighted by Gasteiger charge is 2.42. The van der Waals surface area contributed by atoms with Gasteiger partial charge in [0.2, 0.25) is 0 Å². The normalized spacial score (nSPS) is 21.2. The molecule has 0 bridgehead atoms. The van der Waals surface area contributed by atoms with Gasteiger partial charge >= 0.3 is 12.2 Å². The molecule has 1 aliphatic rings. The first-order valence-corrected chi connectivity index (χ1v) is 7.82. The Morgan fingerprint density at radius 3 is 2.04 bits per heavy atom. The number of carbonyl (C=O) groups is 3. The maximum Gasteiger partial charge on any atom is 0.411 e. The summed E-state index contributed by atoms with van der Waals surface area (Å²) in [7, 11) is 0. The number of alkyl carbamates (subject to hydrolysis) is 1. The van der Waals surface area contributed by atoms with E-state index < -0.39 is 41.4 Å². The van der Waals surface area contributed by atoms with Crippen molar-refractivity contribution in [2.24, 2.45) is 5.84 Å². The van der Waals surface area contributed by atoms with Crippen LogP contribution in [-0.4, -0.2) is 52.8 Å². The van der Waals surface area contributed by atoms with E-state index in [0.29, 0.717) is 0 Å². The smallest absolute Gasteiger partial charge is 0.411 e. The molecule has 1 aliphatic heterocycles. The summed E-state index contributed by atoms with van der Waals surface area (Å²) in [5.41, 5.74) is 0.700. The van der Waals surface area contributed by atoms with E-state index in [0.717, 1.165) is 0 Å². The summed E-state index contributed by atoms with van der Waals surface area (Å²) >= 11 is 0. The second-order valence-corrected chi connectivity index (χ2v) is 7.74. The van der Waals surface area contributed by atoms with Crippen molar-refractivity contribution in [3.63, 3.8) is 0 Å². The van der Waals surface area contributed by atoms with Crippen LogP contribution in [0.15, 0.2) is 0 Å². The third-order valence-electron chi connectivity index (χ3n) is 3.09. The molecule has 0 spiro atoms. The molecule has 1 fully saturated rings. The van der Waals surface area contributed by atoms with Gasteiger partial charge in [0, 0.05) is 6.54 Å². The Balaban J connectivity index is 2.78. The fourth-order valence-electron chi connectivity index (χ4n) is 2.28. The first-order valence-electron chi connectivity index (χ1n) is 7.82. The fraction of sp³-hybridized carbons (Fsp3) is 0.800. The Hall–Kier alpha value is -2.03. The number of ether oxygens (including phenoxy) is 2. The Bertz CT molecular complexity index is 495. The zero-order valence-electron chi connectivity index (χ0n) is 15.1. The number of rotatable bonds is 2. The van der Waals surface area contributed by atoms with E-state index in [2.05, 4.69) is 5.32 Å². The summed E-state index contributed by atoms with van der Waals surface area (Å²) in [5.74, 6) is 4.66. The quantitative estimate of drug-likeness (QED) is 0.388. The first kappa shape index (κ1) is 20.0. The molecule has 0 aromatic carbocycles. The number of nitrogens with zero attached hydrogens (tertiary/aromatic N) is 1. The highest BCUT2D eigenvalue weighted by atomic mass is 16.6. The summed E-state index contributed by atoms with van der Waals surface area (Å²) in [6.45, 7) is 10.6. The van der Waals surface area contributed by atoms with Crippen molar-refractivity contribution >= 4 is 18.1 Å². The van der Waals surface area contributed by atoms with E-state index in [-0.39, 0.29) is 13.0 Å². The summed E-state index contributed by atoms with van der Waals surface area (Å²) in [5, 5.41) is 2.66. The lowest BCUT2D eigenvalue weighted by Gasteiger charge is -2.27. The van der Waals surface area contributed by atoms with Crippen molar-refractivity contribution in [2.75, 3.05) is 6.54 Å². The fourth-order valence-corrected chi connectivity index (χ4v) is 2.28. The van der Waals surface area contributed by atoms with Crippen LogP contribution in [0.1, 0.15) is 48.0 Å². The molecule has 0 radical (unpaired) electrons. The monoisotopic (exact) mass is 344 g/mol. The highest BCUT2D eigenvalue weighted by molar-refractivity contribution is 5.86. The van der Waals surface area contributed by atoms with Gasteiger partial charge in [0.15, 0.2) is 0 Å². The van der Waals surface area contributed by atoms with Crippen LogP contribution in [0.2, 0.25) is 0 Å². The average Bonchev–Trinajstić information content (AvgIpc) is 2.77. The van der Waals surface area contributed by atoms with Crippen LogP contribution in [0.25, 0.3) is 0 Å². The van der Waals surface area contributed by atoms with Gasteiger partial charge in [-0.2, -0.15) is 0 Å². The molecule has 0 aromatic rings. The number of hydrogen-bond donors (Lipinski definition) is 3. The Morgan fingerprint density at radius 2 is 1.58 bits per heavy atom. The molecule has 0 saturated carbocycles. The molecule has 9 heteroatoms. The molecular formula is C15H28N4O5. The van der Waals surface area contributed by atoms with Gasteiger partial charge < -0.3 is 14.8 Å². The van der Waals surface area contributed by atoms with Crippen molar-refractivity contribution in [3.05, 3.63) is 0 Å². The van der Waals surface area contributed by atoms with Gasteiger partial charge in [0.25, 0.3) is 5.91 Å². The molecule has 3 amide bonds. The summed E-state index contributed by atoms with van der Waals surface area (Å²) < 4.78 is 10.5. The average molecular weight is 344 g/mol. The minimum atomic E-state index is -0.815. The molecule has 138 valence electrons. The van der Waals surface area contributed by atoms with Crippen LogP contribution in [0.4, 0.5) is 9.59 Å². The molecule has 0 aromatic heterocycles. The SMILES string of the molecule is CC(C)(C)OC(=O)N[C@H]1C[C@@H](C(=O)NN)N(C(=O)OC(C)(C)C)C1. The second kappa shape index (κ2) is 7.25. The first-order chi connectivity index (χ1) is 10.8. The van der Waals surface area contributed by atoms with E-state index in [1.54, 1.807) is 41.5 Å². The van der Waals surface area contributed by atoms with Crippen molar-refractivity contribution in [2.45, 2.75) is 71.2 Å². The maximum absolute atomic E-state index is 12.3. The van der Waals surface area contributed by atoms with E-state index in [1.165, 1.54) is 4.90 Å². The third kappa shape index (κ3) is 6.23. The lowest BCUT2D eigenvalue weighted by Crippen LogP contribution is -2.49. The van der Waals surface area contributed by atoms with E-state index >= 15 is 0 Å². The van der Waals surface area contributed by atoms with Gasteiger partial charge in [0.05, 0.1) is 6.04 Å². The van der Waals surface area contributed by atoms with Gasteiger partial charge in [-0.25, -0.2) is 15.4 Å². The summed E-state index contributed by atoms with van der Waals surface area (Å²) in [6.07, 6.45) is -1.02. The van der Waals surface area contributed by atoms with Gasteiger partial charge in [-0.3, -0.25) is 15.1 Å². The second-order valence-electron chi connectivity index (χ2n) is 7.74. The molecule has 24 heavy (non-hydrogen) atoms. The Kier molecular flexibility index (Phi) is 6.04. The number of likely N-dealkylation sites (tertiary alicyclic amines) is 1. The number of hydrogen-bond acceptors (Lipinski definition) is 6. The molecule has 1 saturated heterocycles. The molecule has 4 N–H and O–H groups in total. The third-order valence-corrected chi connectivity index (χ3v) is 3.09. The largest absolute Gasteiger partial charge is 0.444 e. The minimum Gasteiger partial charge on any atom is -0.444 e. The van der Waals surface area contributed by atoms with Crippen LogP contribution in [0.3, 0.4) is 0 Å². The molecular weight excluding hydrogens is 316 g/mol. The number of carbonyl (C=O) groups excluding carboxylic acids is 3. The van der Waals surface area contributed by atoms with Crippen LogP contribution in [0, 0.1) is 0 Å². The Morgan fingerprint density at radius 1 is 1.04 bits per heavy atom. The predicted octanol–water partition coefficient (Wildman–Crippen LogP) is 0.879. The van der Waals surface area contributed by atoms with E-state index in [4.69, 9.17) is 15.3 Å². The number of nitrogens with one attached hydrogen (secondary N) is 2. The highest BCUT2D eigenvalue weighted by Crippen LogP contribution is 2.22. The zero-order valence-corrected chi connectivity index (χ0v) is 15.1. The molecule has 2 atom stereocenters. The lowest BCUT2D eigenvalue weighted by atomic mass is 10.1. The maximum atomic E-state index is 12.3. The minimum absolute atomic E-state index is 0.131. The summed E-state index contributed by atoms with van der Waals surface area (Å²) in [6, 6.07) is -1.25. The molecule has 9 nitrogen and oxygen atoms in total. The van der Waals surface area contributed by atoms with Crippen LogP contribution < -0.4 is 16.6 Å². The Labute approximate surface area is 142 Å². The lowest BCUT2D eigenvalue weighted by molar-refractivity contribution is -0.125. The van der Waals surface area contributed by atoms with Crippen molar-refractivity contribution in [1.82, 2.24) is 15.6 Å². The number of hydrazine groups is 1. The standard InChI is InChI=1S/C15H28N4O5/c1-14(2,3)23-12(21)17-9-7-10(11(20)18-16)19(8-9)13(22)24-15(4,5)6/h9-10H,7-8,16H2,1-6H3,(H,17,21)(H,18,20)/t9-,10-/m0/s1. The molecule has 0 aliphatic carbocycles. The number of amides is 3. The number of nitrogens with two attached hydrogens (primary N) is 1. The van der Waals surface area contributed by atoms with Crippen molar-refractivity contribution in [1.29, 1.82) is 0 Å². The van der Waals surface area contributed by atoms with E-state index in [9.17, 15) is 14.4 Å². The van der Waals surface area contributed by atoms with Gasteiger partial charge in [0.1, 0.15) is 17.2 Å². The molecule has 1 rings (SSSR count). The topological polar surface area (TPSA) is 123 Å². The zero-order chi connectivity index (χ0) is 18.7. The van der Waals surface area contributed by atoms with Gasteiger partial charge in [-0.1, -0.05) is 0 Å². The van der Waals surface area contributed by atoms with Crippen molar-refractivity contribution < 1.29 is 23.9 Å². The summed E-state index contributed by atoms with van der Waals surface area (Å²) in [4.78, 5) is 37.3. The predicted molar refractivity (Wildman–Crippen MR) is 86.8 cm³/mol. The van der Waals surface area contributed by atoms with Gasteiger partial charge in [-0.15, -0.1) is 0 Å². The molecule has 0 unspecified atom stereocenters. The van der Waals surface area contributed by atoms with Crippen LogP contribution in [0.5, 0.6) is 0 Å². The molecule has 1 heterocycles. The van der Waals surface area contributed by atoms with E-state index in [1.807, 2.05) is 5.43 Å². The van der Waals surface area contributed by atoms with Crippen LogP contribution in [-0.2, 0) is 14.3 Å². The van der Waals surface area contributed by atoms with Crippen LogP contribution >= 0.6 is 0 Å². The van der Waals surface area contributed by atoms with Crippen molar-refractivity contribution in [3.8, 4) is 0 Å².